The van der Waals surface area contributed by atoms with Gasteiger partial charge >= 0.3 is 0 Å². The molecule has 0 radical (unpaired) electrons. The molecule has 2 aromatic carbocycles. The van der Waals surface area contributed by atoms with Gasteiger partial charge < -0.3 is 10.7 Å². The van der Waals surface area contributed by atoms with Gasteiger partial charge in [0.1, 0.15) is 5.25 Å². The Morgan fingerprint density at radius 2 is 1.79 bits per heavy atom. The maximum atomic E-state index is 13.2. The Labute approximate surface area is 175 Å². The molecule has 1 amide bonds. The fraction of sp³-hybridized carbons (Fsp3) is 0.318. The lowest BCUT2D eigenvalue weighted by molar-refractivity contribution is -0.116. The number of fused-ring (bicyclic) bond motifs is 1. The Balaban J connectivity index is 1.65. The standard InChI is InChI=1S/C22H25N5OS/c1-4-15-8-10-16(11-9-15)19-20(21(28)23-17-12-6-14(3)7-13-17)29-22-25-24-18(5-2)27(22)26-19/h6-13,19-20,26H,4-5H2,1-3H3,(H,23,28)/t19-,20+/m1/s1. The average Bonchev–Trinajstić information content (AvgIpc) is 3.16. The van der Waals surface area contributed by atoms with E-state index in [-0.39, 0.29) is 17.2 Å². The number of aromatic nitrogens is 3. The molecule has 0 saturated heterocycles. The fourth-order valence-electron chi connectivity index (χ4n) is 3.39. The Bertz CT molecular complexity index is 997. The molecule has 2 heterocycles. The molecule has 1 aliphatic rings. The van der Waals surface area contributed by atoms with Crippen LogP contribution in [0.4, 0.5) is 5.69 Å². The topological polar surface area (TPSA) is 71.8 Å². The molecule has 1 aromatic heterocycles. The van der Waals surface area contributed by atoms with Crippen LogP contribution in [0.5, 0.6) is 0 Å². The molecule has 2 atom stereocenters. The number of anilines is 1. The lowest BCUT2D eigenvalue weighted by atomic mass is 10.0. The van der Waals surface area contributed by atoms with Crippen molar-refractivity contribution in [3.8, 4) is 0 Å². The van der Waals surface area contributed by atoms with E-state index < -0.39 is 0 Å². The second-order valence-corrected chi connectivity index (χ2v) is 8.29. The summed E-state index contributed by atoms with van der Waals surface area (Å²) in [5.41, 5.74) is 7.78. The molecule has 4 rings (SSSR count). The molecule has 0 spiro atoms. The predicted octanol–water partition coefficient (Wildman–Crippen LogP) is 4.11. The number of thioether (sulfide) groups is 1. The zero-order valence-electron chi connectivity index (χ0n) is 16.8. The number of nitrogens with zero attached hydrogens (tertiary/aromatic N) is 3. The van der Waals surface area contributed by atoms with Crippen molar-refractivity contribution in [1.82, 2.24) is 14.9 Å². The number of hydrogen-bond acceptors (Lipinski definition) is 5. The van der Waals surface area contributed by atoms with Gasteiger partial charge in [-0.05, 0) is 36.6 Å². The molecule has 1 aliphatic heterocycles. The van der Waals surface area contributed by atoms with E-state index in [1.165, 1.54) is 17.3 Å². The molecular weight excluding hydrogens is 382 g/mol. The first-order valence-electron chi connectivity index (χ1n) is 9.93. The summed E-state index contributed by atoms with van der Waals surface area (Å²) in [5.74, 6) is 0.809. The first-order valence-corrected chi connectivity index (χ1v) is 10.8. The number of rotatable bonds is 5. The zero-order chi connectivity index (χ0) is 20.4. The van der Waals surface area contributed by atoms with E-state index in [0.29, 0.717) is 5.16 Å². The summed E-state index contributed by atoms with van der Waals surface area (Å²) < 4.78 is 1.92. The van der Waals surface area contributed by atoms with Gasteiger partial charge in [-0.2, -0.15) is 0 Å². The van der Waals surface area contributed by atoms with Crippen LogP contribution in [-0.2, 0) is 17.6 Å². The van der Waals surface area contributed by atoms with Crippen molar-refractivity contribution in [2.75, 3.05) is 10.7 Å². The first kappa shape index (κ1) is 19.5. The van der Waals surface area contributed by atoms with Crippen LogP contribution in [-0.4, -0.2) is 26.0 Å². The van der Waals surface area contributed by atoms with Gasteiger partial charge in [-0.1, -0.05) is 67.6 Å². The molecular formula is C22H25N5OS. The highest BCUT2D eigenvalue weighted by atomic mass is 32.2. The number of hydrogen-bond donors (Lipinski definition) is 2. The van der Waals surface area contributed by atoms with Gasteiger partial charge in [0.15, 0.2) is 5.82 Å². The molecule has 0 unspecified atom stereocenters. The lowest BCUT2D eigenvalue weighted by Crippen LogP contribution is -2.41. The Kier molecular flexibility index (Phi) is 5.58. The number of carbonyl (C=O) groups is 1. The van der Waals surface area contributed by atoms with Gasteiger partial charge in [-0.15, -0.1) is 10.2 Å². The predicted molar refractivity (Wildman–Crippen MR) is 117 cm³/mol. The molecule has 3 aromatic rings. The van der Waals surface area contributed by atoms with Gasteiger partial charge in [0, 0.05) is 12.1 Å². The van der Waals surface area contributed by atoms with E-state index in [0.717, 1.165) is 35.5 Å². The first-order chi connectivity index (χ1) is 14.1. The third-order valence-electron chi connectivity index (χ3n) is 5.14. The molecule has 6 nitrogen and oxygen atoms in total. The molecule has 0 saturated carbocycles. The van der Waals surface area contributed by atoms with Gasteiger partial charge in [-0.3, -0.25) is 4.79 Å². The second-order valence-electron chi connectivity index (χ2n) is 7.18. The van der Waals surface area contributed by atoms with Gasteiger partial charge in [-0.25, -0.2) is 4.68 Å². The molecule has 2 N–H and O–H groups in total. The lowest BCUT2D eigenvalue weighted by Gasteiger charge is -2.33. The van der Waals surface area contributed by atoms with Crippen molar-refractivity contribution in [1.29, 1.82) is 0 Å². The zero-order valence-corrected chi connectivity index (χ0v) is 17.7. The number of amides is 1. The molecule has 0 fully saturated rings. The van der Waals surface area contributed by atoms with E-state index >= 15 is 0 Å². The Hall–Kier alpha value is -2.80. The molecule has 7 heteroatoms. The maximum Gasteiger partial charge on any atom is 0.240 e. The van der Waals surface area contributed by atoms with E-state index in [9.17, 15) is 4.79 Å². The minimum Gasteiger partial charge on any atom is -0.325 e. The van der Waals surface area contributed by atoms with Gasteiger partial charge in [0.05, 0.1) is 6.04 Å². The van der Waals surface area contributed by atoms with Crippen molar-refractivity contribution in [3.63, 3.8) is 0 Å². The summed E-state index contributed by atoms with van der Waals surface area (Å²) in [7, 11) is 0. The number of nitrogens with one attached hydrogen (secondary N) is 2. The van der Waals surface area contributed by atoms with E-state index in [2.05, 4.69) is 52.1 Å². The van der Waals surface area contributed by atoms with Crippen LogP contribution >= 0.6 is 11.8 Å². The average molecular weight is 408 g/mol. The monoisotopic (exact) mass is 407 g/mol. The van der Waals surface area contributed by atoms with E-state index in [1.807, 2.05) is 42.8 Å². The van der Waals surface area contributed by atoms with Crippen molar-refractivity contribution in [2.45, 2.75) is 50.1 Å². The SMILES string of the molecule is CCc1ccc([C@H]2Nn3c(CC)nnc3S[C@@H]2C(=O)Nc2ccc(C)cc2)cc1. The molecule has 0 aliphatic carbocycles. The fourth-order valence-corrected chi connectivity index (χ4v) is 4.49. The van der Waals surface area contributed by atoms with E-state index in [1.54, 1.807) is 0 Å². The summed E-state index contributed by atoms with van der Waals surface area (Å²) >= 11 is 1.45. The van der Waals surface area contributed by atoms with Crippen LogP contribution in [0.3, 0.4) is 0 Å². The maximum absolute atomic E-state index is 13.2. The molecule has 0 bridgehead atoms. The van der Waals surface area contributed by atoms with Crippen LogP contribution < -0.4 is 10.7 Å². The Morgan fingerprint density at radius 3 is 2.45 bits per heavy atom. The molecule has 150 valence electrons. The summed E-state index contributed by atoms with van der Waals surface area (Å²) in [4.78, 5) is 13.2. The van der Waals surface area contributed by atoms with Crippen LogP contribution in [0.2, 0.25) is 0 Å². The third-order valence-corrected chi connectivity index (χ3v) is 6.36. The van der Waals surface area contributed by atoms with E-state index in [4.69, 9.17) is 0 Å². The van der Waals surface area contributed by atoms with Crippen LogP contribution in [0.15, 0.2) is 53.7 Å². The summed E-state index contributed by atoms with van der Waals surface area (Å²) in [6.45, 7) is 6.21. The highest BCUT2D eigenvalue weighted by Gasteiger charge is 2.37. The minimum atomic E-state index is -0.370. The van der Waals surface area contributed by atoms with Gasteiger partial charge in [0.25, 0.3) is 0 Å². The van der Waals surface area contributed by atoms with Crippen molar-refractivity contribution < 1.29 is 4.79 Å². The second kappa shape index (κ2) is 8.29. The van der Waals surface area contributed by atoms with Gasteiger partial charge in [0.2, 0.25) is 11.1 Å². The van der Waals surface area contributed by atoms with Crippen LogP contribution in [0.25, 0.3) is 0 Å². The highest BCUT2D eigenvalue weighted by molar-refractivity contribution is 8.00. The van der Waals surface area contributed by atoms with Crippen molar-refractivity contribution >= 4 is 23.4 Å². The smallest absolute Gasteiger partial charge is 0.240 e. The quantitative estimate of drug-likeness (QED) is 0.666. The minimum absolute atomic E-state index is 0.0526. The number of benzene rings is 2. The number of aryl methyl sites for hydroxylation is 3. The normalized spacial score (nSPS) is 18.0. The summed E-state index contributed by atoms with van der Waals surface area (Å²) in [5, 5.41) is 11.9. The van der Waals surface area contributed by atoms with Crippen molar-refractivity contribution in [3.05, 3.63) is 71.0 Å². The summed E-state index contributed by atoms with van der Waals surface area (Å²) in [6, 6.07) is 16.1. The third kappa shape index (κ3) is 4.00. The van der Waals surface area contributed by atoms with Crippen molar-refractivity contribution in [2.24, 2.45) is 0 Å². The van der Waals surface area contributed by atoms with Crippen LogP contribution in [0, 0.1) is 6.92 Å². The molecule has 29 heavy (non-hydrogen) atoms. The highest BCUT2D eigenvalue weighted by Crippen LogP contribution is 2.37. The number of carbonyl (C=O) groups excluding carboxylic acids is 1. The summed E-state index contributed by atoms with van der Waals surface area (Å²) in [6.07, 6.45) is 1.75. The largest absolute Gasteiger partial charge is 0.325 e. The Morgan fingerprint density at radius 1 is 1.07 bits per heavy atom. The van der Waals surface area contributed by atoms with Crippen LogP contribution in [0.1, 0.15) is 42.4 Å².